The molecule has 39 heavy (non-hydrogen) atoms. The number of rotatable bonds is 11. The van der Waals surface area contributed by atoms with Crippen LogP contribution in [0.3, 0.4) is 0 Å². The van der Waals surface area contributed by atoms with E-state index in [1.54, 1.807) is 20.8 Å². The molecule has 0 bridgehead atoms. The van der Waals surface area contributed by atoms with Gasteiger partial charge < -0.3 is 28.6 Å². The van der Waals surface area contributed by atoms with Crippen molar-refractivity contribution in [3.05, 3.63) is 35.9 Å². The number of hydrogen-bond donors (Lipinski definition) is 1. The van der Waals surface area contributed by atoms with Crippen LogP contribution < -0.4 is 0 Å². The van der Waals surface area contributed by atoms with Crippen LogP contribution in [0.2, 0.25) is 18.1 Å². The Morgan fingerprint density at radius 2 is 1.77 bits per heavy atom. The lowest BCUT2D eigenvalue weighted by atomic mass is 9.93. The molecular weight excluding hydrogens is 520 g/mol. The van der Waals surface area contributed by atoms with Gasteiger partial charge in [-0.3, -0.25) is 9.69 Å². The second-order valence-electron chi connectivity index (χ2n) is 12.2. The molecule has 11 heteroatoms. The number of benzene rings is 1. The summed E-state index contributed by atoms with van der Waals surface area (Å²) in [5.74, 6) is -2.06. The Balaban J connectivity index is 2.40. The highest BCUT2D eigenvalue weighted by Crippen LogP contribution is 2.43. The van der Waals surface area contributed by atoms with Crippen molar-refractivity contribution in [2.24, 2.45) is 5.92 Å². The van der Waals surface area contributed by atoms with E-state index >= 15 is 0 Å². The number of hydrogen-bond acceptors (Lipinski definition) is 7. The molecule has 4 atom stereocenters. The van der Waals surface area contributed by atoms with Gasteiger partial charge in [0.25, 0.3) is 0 Å². The number of nitrogens with zero attached hydrogens (tertiary/aromatic N) is 2. The molecule has 1 aromatic rings. The summed E-state index contributed by atoms with van der Waals surface area (Å²) >= 11 is 0. The zero-order chi connectivity index (χ0) is 29.8. The molecule has 1 aliphatic heterocycles. The molecule has 2 amide bonds. The van der Waals surface area contributed by atoms with Crippen LogP contribution in [0.1, 0.15) is 47.1 Å². The lowest BCUT2D eigenvalue weighted by Gasteiger charge is -2.42. The molecule has 1 saturated heterocycles. The summed E-state index contributed by atoms with van der Waals surface area (Å²) in [7, 11) is 0.547. The predicted octanol–water partition coefficient (Wildman–Crippen LogP) is 4.34. The Morgan fingerprint density at radius 3 is 2.26 bits per heavy atom. The molecule has 1 heterocycles. The standard InChI is InChI=1S/C28H46N2O8Si/c1-19(2)22(29(7)26(34)36-17-20-14-12-11-13-15-20)24(31)30-16-21(38-39(9,10)27(3,4)5)28(6,37-18-35-8)23(30)25(32)33/h11-15,19,21-23H,16-18H2,1-10H3,(H,32,33)/t21-,22+,23-,28-/m1/s1. The second-order valence-corrected chi connectivity index (χ2v) is 16.9. The van der Waals surface area contributed by atoms with E-state index in [4.69, 9.17) is 18.6 Å². The number of carbonyl (C=O) groups is 3. The van der Waals surface area contributed by atoms with Crippen molar-refractivity contribution >= 4 is 26.3 Å². The molecule has 1 aromatic carbocycles. The average Bonchev–Trinajstić information content (AvgIpc) is 3.12. The van der Waals surface area contributed by atoms with Crippen LogP contribution in [0, 0.1) is 5.92 Å². The third-order valence-corrected chi connectivity index (χ3v) is 12.4. The fourth-order valence-electron chi connectivity index (χ4n) is 4.59. The SMILES string of the molecule is COCO[C@]1(C)[C@H](O[Si](C)(C)C(C)(C)C)CN(C(=O)[C@H](C(C)C)N(C)C(=O)OCc2ccccc2)[C@@H]1C(=O)O. The zero-order valence-electron chi connectivity index (χ0n) is 25.0. The smallest absolute Gasteiger partial charge is 0.410 e. The summed E-state index contributed by atoms with van der Waals surface area (Å²) in [6.45, 7) is 15.5. The molecule has 2 rings (SSSR count). The van der Waals surface area contributed by atoms with Crippen molar-refractivity contribution < 1.29 is 38.1 Å². The van der Waals surface area contributed by atoms with Crippen LogP contribution >= 0.6 is 0 Å². The van der Waals surface area contributed by atoms with Crippen molar-refractivity contribution in [2.75, 3.05) is 27.5 Å². The Hall–Kier alpha value is -2.47. The number of likely N-dealkylation sites (N-methyl/N-ethyl adjacent to an activating group) is 1. The minimum Gasteiger partial charge on any atom is -0.480 e. The molecule has 0 unspecified atom stereocenters. The maximum atomic E-state index is 14.1. The van der Waals surface area contributed by atoms with Crippen molar-refractivity contribution in [1.82, 2.24) is 9.80 Å². The van der Waals surface area contributed by atoms with E-state index in [1.165, 1.54) is 24.0 Å². The van der Waals surface area contributed by atoms with E-state index < -0.39 is 50.1 Å². The zero-order valence-corrected chi connectivity index (χ0v) is 26.0. The highest BCUT2D eigenvalue weighted by Gasteiger charge is 2.61. The molecule has 10 nitrogen and oxygen atoms in total. The third kappa shape index (κ3) is 7.39. The molecule has 1 aliphatic rings. The van der Waals surface area contributed by atoms with E-state index in [9.17, 15) is 19.5 Å². The van der Waals surface area contributed by atoms with Crippen LogP contribution in [0.5, 0.6) is 0 Å². The minimum atomic E-state index is -2.39. The Kier molecular flexibility index (Phi) is 10.7. The maximum absolute atomic E-state index is 14.1. The normalized spacial score (nSPS) is 22.6. The summed E-state index contributed by atoms with van der Waals surface area (Å²) in [6, 6.07) is 6.91. The monoisotopic (exact) mass is 566 g/mol. The number of amides is 2. The fraction of sp³-hybridized carbons (Fsp3) is 0.679. The van der Waals surface area contributed by atoms with Crippen LogP contribution in [0.15, 0.2) is 30.3 Å². The maximum Gasteiger partial charge on any atom is 0.410 e. The number of carbonyl (C=O) groups excluding carboxylic acids is 2. The van der Waals surface area contributed by atoms with Crippen molar-refractivity contribution in [3.8, 4) is 0 Å². The summed E-state index contributed by atoms with van der Waals surface area (Å²) in [5.41, 5.74) is -0.574. The summed E-state index contributed by atoms with van der Waals surface area (Å²) < 4.78 is 23.3. The molecule has 1 fully saturated rings. The molecule has 0 radical (unpaired) electrons. The van der Waals surface area contributed by atoms with E-state index in [2.05, 4.69) is 33.9 Å². The van der Waals surface area contributed by atoms with Crippen LogP contribution in [-0.2, 0) is 34.8 Å². The predicted molar refractivity (Wildman–Crippen MR) is 150 cm³/mol. The first-order valence-corrected chi connectivity index (χ1v) is 16.2. The van der Waals surface area contributed by atoms with Gasteiger partial charge in [-0.25, -0.2) is 9.59 Å². The number of methoxy groups -OCH3 is 1. The molecule has 220 valence electrons. The second kappa shape index (κ2) is 12.8. The van der Waals surface area contributed by atoms with Gasteiger partial charge in [0.2, 0.25) is 5.91 Å². The van der Waals surface area contributed by atoms with Crippen LogP contribution in [0.4, 0.5) is 4.79 Å². The summed E-state index contributed by atoms with van der Waals surface area (Å²) in [5, 5.41) is 10.2. The van der Waals surface area contributed by atoms with Gasteiger partial charge in [-0.1, -0.05) is 65.0 Å². The molecule has 0 aliphatic carbocycles. The number of ether oxygens (including phenoxy) is 3. The quantitative estimate of drug-likeness (QED) is 0.311. The van der Waals surface area contributed by atoms with Gasteiger partial charge in [-0.05, 0) is 36.5 Å². The Labute approximate surface area is 233 Å². The van der Waals surface area contributed by atoms with Gasteiger partial charge >= 0.3 is 12.1 Å². The molecular formula is C28H46N2O8Si. The van der Waals surface area contributed by atoms with Gasteiger partial charge in [-0.2, -0.15) is 0 Å². The van der Waals surface area contributed by atoms with E-state index in [0.717, 1.165) is 5.56 Å². The van der Waals surface area contributed by atoms with E-state index in [1.807, 2.05) is 30.3 Å². The largest absolute Gasteiger partial charge is 0.480 e. The first-order valence-electron chi connectivity index (χ1n) is 13.3. The topological polar surface area (TPSA) is 115 Å². The van der Waals surface area contributed by atoms with Crippen molar-refractivity contribution in [2.45, 2.75) is 90.1 Å². The van der Waals surface area contributed by atoms with Crippen LogP contribution in [-0.4, -0.2) is 92.5 Å². The van der Waals surface area contributed by atoms with Crippen LogP contribution in [0.25, 0.3) is 0 Å². The Bertz CT molecular complexity index is 997. The molecule has 1 N–H and O–H groups in total. The van der Waals surface area contributed by atoms with Gasteiger partial charge in [0.05, 0.1) is 6.10 Å². The number of likely N-dealkylation sites (tertiary alicyclic amines) is 1. The van der Waals surface area contributed by atoms with Gasteiger partial charge in [-0.15, -0.1) is 0 Å². The lowest BCUT2D eigenvalue weighted by Crippen LogP contribution is -2.59. The van der Waals surface area contributed by atoms with E-state index in [-0.39, 0.29) is 30.9 Å². The molecule has 0 aromatic heterocycles. The first kappa shape index (κ1) is 32.7. The van der Waals surface area contributed by atoms with E-state index in [0.29, 0.717) is 0 Å². The van der Waals surface area contributed by atoms with Crippen molar-refractivity contribution in [1.29, 1.82) is 0 Å². The summed E-state index contributed by atoms with van der Waals surface area (Å²) in [4.78, 5) is 42.3. The summed E-state index contributed by atoms with van der Waals surface area (Å²) in [6.07, 6.45) is -1.40. The van der Waals surface area contributed by atoms with Gasteiger partial charge in [0.15, 0.2) is 14.4 Å². The first-order chi connectivity index (χ1) is 18.0. The number of carboxylic acid groups (broad SMARTS) is 1. The fourth-order valence-corrected chi connectivity index (χ4v) is 5.97. The number of aliphatic carboxylic acids is 1. The highest BCUT2D eigenvalue weighted by atomic mass is 28.4. The molecule has 0 saturated carbocycles. The third-order valence-electron chi connectivity index (χ3n) is 7.90. The lowest BCUT2D eigenvalue weighted by molar-refractivity contribution is -0.181. The van der Waals surface area contributed by atoms with Crippen molar-refractivity contribution in [3.63, 3.8) is 0 Å². The Morgan fingerprint density at radius 1 is 1.18 bits per heavy atom. The molecule has 0 spiro atoms. The van der Waals surface area contributed by atoms with Gasteiger partial charge in [0, 0.05) is 20.7 Å². The van der Waals surface area contributed by atoms with Gasteiger partial charge in [0.1, 0.15) is 25.0 Å². The minimum absolute atomic E-state index is 0.00134. The average molecular weight is 567 g/mol. The highest BCUT2D eigenvalue weighted by molar-refractivity contribution is 6.74. The number of carboxylic acids is 1.